The first kappa shape index (κ1) is 33.2. The van der Waals surface area contributed by atoms with Crippen LogP contribution in [0.4, 0.5) is 17.1 Å². The first-order valence-corrected chi connectivity index (χ1v) is 16.3. The van der Waals surface area contributed by atoms with E-state index in [1.54, 1.807) is 0 Å². The summed E-state index contributed by atoms with van der Waals surface area (Å²) < 4.78 is 0. The van der Waals surface area contributed by atoms with E-state index in [1.807, 2.05) is 18.2 Å². The Morgan fingerprint density at radius 3 is 0.778 bits per heavy atom. The summed E-state index contributed by atoms with van der Waals surface area (Å²) in [5, 5.41) is 0. The molecule has 6 nitrogen and oxygen atoms in total. The van der Waals surface area contributed by atoms with Crippen LogP contribution in [-0.2, 0) is 0 Å². The lowest BCUT2D eigenvalue weighted by atomic mass is 10.1. The summed E-state index contributed by atoms with van der Waals surface area (Å²) in [6, 6.07) is 25.8. The molecule has 0 aliphatic carbocycles. The molecule has 0 aliphatic rings. The quantitative estimate of drug-likeness (QED) is 0.136. The van der Waals surface area contributed by atoms with Crippen molar-refractivity contribution in [2.24, 2.45) is 0 Å². The van der Waals surface area contributed by atoms with Crippen LogP contribution in [0.3, 0.4) is 0 Å². The van der Waals surface area contributed by atoms with Gasteiger partial charge < -0.3 is 14.7 Å². The molecule has 234 valence electrons. The maximum atomic E-state index is 4.76. The van der Waals surface area contributed by atoms with Crippen LogP contribution in [0.1, 0.15) is 75.7 Å². The predicted octanol–water partition coefficient (Wildman–Crippen LogP) is 8.92. The zero-order valence-corrected chi connectivity index (χ0v) is 27.8. The highest BCUT2D eigenvalue weighted by molar-refractivity contribution is 5.73. The molecule has 45 heavy (non-hydrogen) atoms. The Balaban J connectivity index is 1.60. The Morgan fingerprint density at radius 2 is 0.578 bits per heavy atom. The van der Waals surface area contributed by atoms with Crippen LogP contribution >= 0.6 is 0 Å². The van der Waals surface area contributed by atoms with Crippen LogP contribution < -0.4 is 14.7 Å². The minimum atomic E-state index is 0.617. The molecule has 1 heterocycles. The highest BCUT2D eigenvalue weighted by atomic mass is 15.1. The molecule has 0 aliphatic heterocycles. The van der Waals surface area contributed by atoms with Gasteiger partial charge in [0.25, 0.3) is 0 Å². The zero-order valence-electron chi connectivity index (χ0n) is 27.8. The van der Waals surface area contributed by atoms with Crippen molar-refractivity contribution in [3.8, 4) is 0 Å². The largest absolute Gasteiger partial charge is 0.372 e. The Hall–Kier alpha value is -4.71. The molecular weight excluding hydrogens is 552 g/mol. The smallest absolute Gasteiger partial charge is 0.156 e. The number of hydrogen-bond donors (Lipinski definition) is 0. The van der Waals surface area contributed by atoms with Gasteiger partial charge in [0.1, 0.15) is 0 Å². The molecule has 6 heteroatoms. The van der Waals surface area contributed by atoms with Gasteiger partial charge in [-0.3, -0.25) is 0 Å². The van der Waals surface area contributed by atoms with E-state index in [1.165, 1.54) is 17.1 Å². The first-order chi connectivity index (χ1) is 22.0. The Morgan fingerprint density at radius 1 is 0.356 bits per heavy atom. The normalized spacial score (nSPS) is 11.6. The van der Waals surface area contributed by atoms with Crippen molar-refractivity contribution >= 4 is 53.5 Å². The van der Waals surface area contributed by atoms with Gasteiger partial charge >= 0.3 is 0 Å². The fourth-order valence-electron chi connectivity index (χ4n) is 5.32. The molecule has 0 spiro atoms. The number of nitrogens with zero attached hydrogens (tertiary/aromatic N) is 6. The molecule has 0 N–H and O–H groups in total. The summed E-state index contributed by atoms with van der Waals surface area (Å²) in [4.78, 5) is 21.3. The zero-order chi connectivity index (χ0) is 32.0. The molecule has 3 aromatic carbocycles. The van der Waals surface area contributed by atoms with E-state index in [0.717, 1.165) is 56.0 Å². The Bertz CT molecular complexity index is 1340. The average molecular weight is 601 g/mol. The van der Waals surface area contributed by atoms with Crippen LogP contribution in [0.5, 0.6) is 0 Å². The molecule has 4 rings (SSSR count). The van der Waals surface area contributed by atoms with Crippen LogP contribution in [0.15, 0.2) is 72.8 Å². The van der Waals surface area contributed by atoms with Gasteiger partial charge in [0.15, 0.2) is 17.5 Å². The number of benzene rings is 3. The van der Waals surface area contributed by atoms with Gasteiger partial charge in [-0.15, -0.1) is 0 Å². The van der Waals surface area contributed by atoms with E-state index in [9.17, 15) is 0 Å². The van der Waals surface area contributed by atoms with Gasteiger partial charge in [-0.1, -0.05) is 54.6 Å². The van der Waals surface area contributed by atoms with Gasteiger partial charge in [0.05, 0.1) is 0 Å². The molecule has 0 amide bonds. The maximum Gasteiger partial charge on any atom is 0.156 e. The number of hydrogen-bond acceptors (Lipinski definition) is 6. The summed E-state index contributed by atoms with van der Waals surface area (Å²) in [6.07, 6.45) is 12.0. The highest BCUT2D eigenvalue weighted by Crippen LogP contribution is 2.19. The SMILES string of the molecule is CCN(CC)c1ccc(/C=C/c2nc(/C=C/c3ccc(N(CC)CC)cc3)nc(/C=C/c3ccc(N(CC)CC)cc3)n2)cc1. The standard InChI is InChI=1S/C39H48N6/c1-7-43(8-2)34-22-13-31(14-23-34)19-28-37-40-38(29-20-32-15-24-35(25-16-32)44(9-3)10-4)42-39(41-37)30-21-33-17-26-36(27-18-33)45(11-5)12-6/h13-30H,7-12H2,1-6H3/b28-19+,29-20+,30-21+. The minimum absolute atomic E-state index is 0.617. The fraction of sp³-hybridized carbons (Fsp3) is 0.308. The minimum Gasteiger partial charge on any atom is -0.372 e. The lowest BCUT2D eigenvalue weighted by molar-refractivity contribution is 0.866. The lowest BCUT2D eigenvalue weighted by Gasteiger charge is -2.20. The van der Waals surface area contributed by atoms with Crippen LogP contribution in [0.2, 0.25) is 0 Å². The molecule has 1 aromatic heterocycles. The van der Waals surface area contributed by atoms with Crippen LogP contribution in [-0.4, -0.2) is 54.2 Å². The average Bonchev–Trinajstić information content (AvgIpc) is 3.09. The van der Waals surface area contributed by atoms with E-state index in [4.69, 9.17) is 15.0 Å². The van der Waals surface area contributed by atoms with Gasteiger partial charge in [0, 0.05) is 56.3 Å². The molecule has 0 fully saturated rings. The van der Waals surface area contributed by atoms with E-state index < -0.39 is 0 Å². The van der Waals surface area contributed by atoms with Crippen molar-refractivity contribution in [2.45, 2.75) is 41.5 Å². The van der Waals surface area contributed by atoms with Gasteiger partial charge in [-0.25, -0.2) is 15.0 Å². The van der Waals surface area contributed by atoms with Gasteiger partial charge in [-0.05, 0) is 113 Å². The Labute approximate surface area is 270 Å². The maximum absolute atomic E-state index is 4.76. The third-order valence-corrected chi connectivity index (χ3v) is 8.03. The summed E-state index contributed by atoms with van der Waals surface area (Å²) in [5.74, 6) is 1.85. The van der Waals surface area contributed by atoms with Crippen molar-refractivity contribution in [2.75, 3.05) is 54.0 Å². The van der Waals surface area contributed by atoms with Crippen molar-refractivity contribution < 1.29 is 0 Å². The fourth-order valence-corrected chi connectivity index (χ4v) is 5.32. The third-order valence-electron chi connectivity index (χ3n) is 8.03. The van der Waals surface area contributed by atoms with Crippen molar-refractivity contribution in [3.63, 3.8) is 0 Å². The van der Waals surface area contributed by atoms with Crippen molar-refractivity contribution in [1.82, 2.24) is 15.0 Å². The van der Waals surface area contributed by atoms with Crippen LogP contribution in [0.25, 0.3) is 36.5 Å². The summed E-state index contributed by atoms with van der Waals surface area (Å²) in [7, 11) is 0. The molecule has 4 aromatic rings. The second-order valence-electron chi connectivity index (χ2n) is 10.7. The molecule has 0 radical (unpaired) electrons. The van der Waals surface area contributed by atoms with Crippen molar-refractivity contribution in [1.29, 1.82) is 0 Å². The molecular formula is C39H48N6. The summed E-state index contributed by atoms with van der Waals surface area (Å²) in [5.41, 5.74) is 6.98. The predicted molar refractivity (Wildman–Crippen MR) is 197 cm³/mol. The second kappa shape index (κ2) is 17.0. The number of anilines is 3. The molecule has 0 saturated carbocycles. The lowest BCUT2D eigenvalue weighted by Crippen LogP contribution is -2.21. The second-order valence-corrected chi connectivity index (χ2v) is 10.7. The molecule has 0 atom stereocenters. The summed E-state index contributed by atoms with van der Waals surface area (Å²) >= 11 is 0. The van der Waals surface area contributed by atoms with Gasteiger partial charge in [-0.2, -0.15) is 0 Å². The molecule has 0 saturated heterocycles. The third kappa shape index (κ3) is 9.39. The van der Waals surface area contributed by atoms with E-state index in [2.05, 4.69) is 147 Å². The first-order valence-electron chi connectivity index (χ1n) is 16.3. The van der Waals surface area contributed by atoms with Crippen LogP contribution in [0, 0.1) is 0 Å². The number of aromatic nitrogens is 3. The van der Waals surface area contributed by atoms with E-state index >= 15 is 0 Å². The molecule has 0 bridgehead atoms. The highest BCUT2D eigenvalue weighted by Gasteiger charge is 2.05. The Kier molecular flexibility index (Phi) is 12.5. The van der Waals surface area contributed by atoms with E-state index in [0.29, 0.717) is 17.5 Å². The monoisotopic (exact) mass is 600 g/mol. The van der Waals surface area contributed by atoms with Gasteiger partial charge in [0.2, 0.25) is 0 Å². The topological polar surface area (TPSA) is 48.4 Å². The van der Waals surface area contributed by atoms with Crippen molar-refractivity contribution in [3.05, 3.63) is 107 Å². The van der Waals surface area contributed by atoms with E-state index in [-0.39, 0.29) is 0 Å². The molecule has 0 unspecified atom stereocenters. The number of rotatable bonds is 15. The summed E-state index contributed by atoms with van der Waals surface area (Å²) in [6.45, 7) is 19.0.